The second-order valence-corrected chi connectivity index (χ2v) is 4.80. The predicted molar refractivity (Wildman–Crippen MR) is 77.9 cm³/mol. The van der Waals surface area contributed by atoms with Gasteiger partial charge in [0, 0.05) is 6.04 Å². The van der Waals surface area contributed by atoms with Gasteiger partial charge in [-0.05, 0) is 32.3 Å². The third-order valence-corrected chi connectivity index (χ3v) is 3.53. The second-order valence-electron chi connectivity index (χ2n) is 4.80. The number of rotatable bonds is 7. The summed E-state index contributed by atoms with van der Waals surface area (Å²) in [5.74, 6) is -0.191. The number of nitrogens with one attached hydrogen (secondary N) is 1. The van der Waals surface area contributed by atoms with Crippen molar-refractivity contribution in [1.82, 2.24) is 5.32 Å². The van der Waals surface area contributed by atoms with E-state index in [0.29, 0.717) is 13.0 Å². The van der Waals surface area contributed by atoms with E-state index in [9.17, 15) is 4.79 Å². The number of benzene rings is 1. The predicted octanol–water partition coefficient (Wildman–Crippen LogP) is 3.24. The summed E-state index contributed by atoms with van der Waals surface area (Å²) in [6.07, 6.45) is 1.63. The van der Waals surface area contributed by atoms with Gasteiger partial charge < -0.3 is 4.74 Å². The van der Waals surface area contributed by atoms with Gasteiger partial charge >= 0.3 is 5.97 Å². The summed E-state index contributed by atoms with van der Waals surface area (Å²) in [5.41, 5.74) is 0.225. The van der Waals surface area contributed by atoms with Crippen LogP contribution in [-0.2, 0) is 15.1 Å². The van der Waals surface area contributed by atoms with Crippen LogP contribution in [0.4, 0.5) is 0 Å². The van der Waals surface area contributed by atoms with Crippen molar-refractivity contribution in [2.75, 3.05) is 6.61 Å². The lowest BCUT2D eigenvalue weighted by Crippen LogP contribution is -2.53. The summed E-state index contributed by atoms with van der Waals surface area (Å²) in [6.45, 7) is 8.45. The Balaban J connectivity index is 3.17. The molecule has 0 fully saturated rings. The van der Waals surface area contributed by atoms with Crippen molar-refractivity contribution in [2.45, 2.75) is 52.1 Å². The van der Waals surface area contributed by atoms with E-state index in [1.807, 2.05) is 44.2 Å². The molecule has 0 aliphatic rings. The van der Waals surface area contributed by atoms with Crippen molar-refractivity contribution in [3.8, 4) is 0 Å². The highest BCUT2D eigenvalue weighted by molar-refractivity contribution is 5.82. The van der Waals surface area contributed by atoms with Gasteiger partial charge in [-0.25, -0.2) is 4.79 Å². The minimum Gasteiger partial charge on any atom is -0.464 e. The summed E-state index contributed by atoms with van der Waals surface area (Å²) < 4.78 is 5.30. The Kier molecular flexibility index (Phi) is 6.03. The third kappa shape index (κ3) is 3.57. The van der Waals surface area contributed by atoms with Gasteiger partial charge in [-0.15, -0.1) is 0 Å². The molecule has 1 aromatic carbocycles. The summed E-state index contributed by atoms with van der Waals surface area (Å²) >= 11 is 0. The number of carbonyl (C=O) groups is 1. The summed E-state index contributed by atoms with van der Waals surface area (Å²) in [5, 5.41) is 3.46. The molecule has 19 heavy (non-hydrogen) atoms. The molecule has 0 heterocycles. The molecule has 0 aromatic heterocycles. The average molecular weight is 263 g/mol. The first-order valence-corrected chi connectivity index (χ1v) is 7.11. The first-order chi connectivity index (χ1) is 9.10. The lowest BCUT2D eigenvalue weighted by Gasteiger charge is -2.34. The highest BCUT2D eigenvalue weighted by Crippen LogP contribution is 2.27. The quantitative estimate of drug-likeness (QED) is 0.767. The van der Waals surface area contributed by atoms with Gasteiger partial charge in [0.1, 0.15) is 5.54 Å². The smallest absolute Gasteiger partial charge is 0.330 e. The first-order valence-electron chi connectivity index (χ1n) is 7.11. The van der Waals surface area contributed by atoms with E-state index in [1.54, 1.807) is 0 Å². The molecule has 0 spiro atoms. The van der Waals surface area contributed by atoms with Gasteiger partial charge in [0.25, 0.3) is 0 Å². The molecule has 0 saturated heterocycles. The SMILES string of the molecule is CCOC(=O)C(CC)(NC(C)CC)c1ccccc1. The highest BCUT2D eigenvalue weighted by atomic mass is 16.5. The van der Waals surface area contributed by atoms with Crippen molar-refractivity contribution in [3.05, 3.63) is 35.9 Å². The molecule has 1 rings (SSSR count). The molecule has 0 aliphatic heterocycles. The van der Waals surface area contributed by atoms with Gasteiger partial charge in [-0.1, -0.05) is 44.2 Å². The van der Waals surface area contributed by atoms with Gasteiger partial charge in [-0.3, -0.25) is 5.32 Å². The highest BCUT2D eigenvalue weighted by Gasteiger charge is 2.40. The van der Waals surface area contributed by atoms with Crippen LogP contribution in [0.2, 0.25) is 0 Å². The molecule has 1 N–H and O–H groups in total. The van der Waals surface area contributed by atoms with E-state index < -0.39 is 5.54 Å². The van der Waals surface area contributed by atoms with Crippen LogP contribution in [0.25, 0.3) is 0 Å². The van der Waals surface area contributed by atoms with Crippen LogP contribution < -0.4 is 5.32 Å². The molecule has 2 atom stereocenters. The molecule has 106 valence electrons. The van der Waals surface area contributed by atoms with Gasteiger partial charge in [0.05, 0.1) is 6.61 Å². The fourth-order valence-corrected chi connectivity index (χ4v) is 2.21. The van der Waals surface area contributed by atoms with E-state index in [2.05, 4.69) is 19.2 Å². The Labute approximate surface area is 116 Å². The molecule has 1 aromatic rings. The number of ether oxygens (including phenoxy) is 1. The fraction of sp³-hybridized carbons (Fsp3) is 0.562. The molecule has 3 heteroatoms. The monoisotopic (exact) mass is 263 g/mol. The van der Waals surface area contributed by atoms with Crippen LogP contribution in [0.15, 0.2) is 30.3 Å². The van der Waals surface area contributed by atoms with E-state index >= 15 is 0 Å². The topological polar surface area (TPSA) is 38.3 Å². The van der Waals surface area contributed by atoms with E-state index in [1.165, 1.54) is 0 Å². The fourth-order valence-electron chi connectivity index (χ4n) is 2.21. The van der Waals surface area contributed by atoms with Crippen LogP contribution in [0, 0.1) is 0 Å². The molecular formula is C16H25NO2. The van der Waals surface area contributed by atoms with E-state index in [0.717, 1.165) is 12.0 Å². The molecule has 0 radical (unpaired) electrons. The van der Waals surface area contributed by atoms with Gasteiger partial charge in [0.15, 0.2) is 0 Å². The Bertz CT molecular complexity index is 391. The molecule has 3 nitrogen and oxygen atoms in total. The lowest BCUT2D eigenvalue weighted by molar-refractivity contribution is -0.152. The minimum atomic E-state index is -0.743. The zero-order chi connectivity index (χ0) is 14.3. The lowest BCUT2D eigenvalue weighted by atomic mass is 9.86. The number of hydrogen-bond acceptors (Lipinski definition) is 3. The number of esters is 1. The minimum absolute atomic E-state index is 0.191. The van der Waals surface area contributed by atoms with Crippen molar-refractivity contribution >= 4 is 5.97 Å². The van der Waals surface area contributed by atoms with Crippen LogP contribution in [-0.4, -0.2) is 18.6 Å². The third-order valence-electron chi connectivity index (χ3n) is 3.53. The van der Waals surface area contributed by atoms with Crippen LogP contribution in [0.1, 0.15) is 46.1 Å². The second kappa shape index (κ2) is 7.29. The van der Waals surface area contributed by atoms with E-state index in [-0.39, 0.29) is 12.0 Å². The Hall–Kier alpha value is -1.35. The summed E-state index contributed by atoms with van der Waals surface area (Å²) in [7, 11) is 0. The maximum Gasteiger partial charge on any atom is 0.330 e. The Morgan fingerprint density at radius 1 is 1.26 bits per heavy atom. The molecule has 0 amide bonds. The maximum absolute atomic E-state index is 12.5. The standard InChI is InChI=1S/C16H25NO2/c1-5-13(4)17-16(6-2,15(18)19-7-3)14-11-9-8-10-12-14/h8-13,17H,5-7H2,1-4H3. The maximum atomic E-state index is 12.5. The van der Waals surface area contributed by atoms with Crippen molar-refractivity contribution in [3.63, 3.8) is 0 Å². The van der Waals surface area contributed by atoms with E-state index in [4.69, 9.17) is 4.74 Å². The van der Waals surface area contributed by atoms with Crippen LogP contribution in [0.3, 0.4) is 0 Å². The molecule has 0 bridgehead atoms. The number of hydrogen-bond donors (Lipinski definition) is 1. The molecule has 2 unspecified atom stereocenters. The molecular weight excluding hydrogens is 238 g/mol. The molecule has 0 saturated carbocycles. The Morgan fingerprint density at radius 3 is 2.37 bits per heavy atom. The first kappa shape index (κ1) is 15.7. The zero-order valence-corrected chi connectivity index (χ0v) is 12.4. The van der Waals surface area contributed by atoms with Crippen LogP contribution in [0.5, 0.6) is 0 Å². The van der Waals surface area contributed by atoms with Gasteiger partial charge in [-0.2, -0.15) is 0 Å². The zero-order valence-electron chi connectivity index (χ0n) is 12.4. The average Bonchev–Trinajstić information content (AvgIpc) is 2.45. The summed E-state index contributed by atoms with van der Waals surface area (Å²) in [6, 6.07) is 10.1. The number of carbonyl (C=O) groups excluding carboxylic acids is 1. The molecule has 0 aliphatic carbocycles. The van der Waals surface area contributed by atoms with Crippen LogP contribution >= 0.6 is 0 Å². The normalized spacial score (nSPS) is 15.6. The van der Waals surface area contributed by atoms with Crippen molar-refractivity contribution < 1.29 is 9.53 Å². The van der Waals surface area contributed by atoms with Crippen molar-refractivity contribution in [1.29, 1.82) is 0 Å². The largest absolute Gasteiger partial charge is 0.464 e. The van der Waals surface area contributed by atoms with Gasteiger partial charge in [0.2, 0.25) is 0 Å². The summed E-state index contributed by atoms with van der Waals surface area (Å²) in [4.78, 5) is 12.5. The van der Waals surface area contributed by atoms with Crippen molar-refractivity contribution in [2.24, 2.45) is 0 Å². The Morgan fingerprint density at radius 2 is 1.89 bits per heavy atom.